The average Bonchev–Trinajstić information content (AvgIpc) is 2.59. The highest BCUT2D eigenvalue weighted by atomic mass is 35.5. The Labute approximate surface area is 158 Å². The lowest BCUT2D eigenvalue weighted by atomic mass is 10.2. The lowest BCUT2D eigenvalue weighted by Gasteiger charge is -2.06. The third-order valence-electron chi connectivity index (χ3n) is 2.92. The fourth-order valence-corrected chi connectivity index (χ4v) is 3.01. The van der Waals surface area contributed by atoms with Gasteiger partial charge in [0.2, 0.25) is 5.91 Å². The molecule has 0 radical (unpaired) electrons. The molecule has 0 heterocycles. The van der Waals surface area contributed by atoms with Gasteiger partial charge < -0.3 is 0 Å². The van der Waals surface area contributed by atoms with Crippen LogP contribution < -0.4 is 10.9 Å². The number of benzene rings is 2. The smallest absolute Gasteiger partial charge is 0.262 e. The van der Waals surface area contributed by atoms with Crippen molar-refractivity contribution in [3.8, 4) is 0 Å². The predicted octanol–water partition coefficient (Wildman–Crippen LogP) is 4.09. The zero-order valence-corrected chi connectivity index (χ0v) is 15.1. The van der Waals surface area contributed by atoms with Crippen LogP contribution in [-0.4, -0.2) is 17.6 Å². The molecule has 130 valence electrons. The number of hydrogen-bond donors (Lipinski definition) is 2. The van der Waals surface area contributed by atoms with Crippen molar-refractivity contribution in [2.75, 3.05) is 5.75 Å². The number of amides is 2. The van der Waals surface area contributed by atoms with Crippen LogP contribution >= 0.6 is 35.0 Å². The first kappa shape index (κ1) is 19.3. The van der Waals surface area contributed by atoms with E-state index >= 15 is 0 Å². The largest absolute Gasteiger partial charge is 0.272 e. The summed E-state index contributed by atoms with van der Waals surface area (Å²) in [5.74, 6) is -1.46. The first-order chi connectivity index (χ1) is 12.0. The lowest BCUT2D eigenvalue weighted by Crippen LogP contribution is -2.41. The molecule has 25 heavy (non-hydrogen) atoms. The van der Waals surface area contributed by atoms with Crippen molar-refractivity contribution in [3.05, 3.63) is 70.0 Å². The Kier molecular flexibility index (Phi) is 7.31. The van der Waals surface area contributed by atoms with E-state index in [1.165, 1.54) is 18.2 Å². The second-order valence-corrected chi connectivity index (χ2v) is 6.56. The number of halogens is 3. The van der Waals surface area contributed by atoms with Gasteiger partial charge in [0.25, 0.3) is 5.91 Å². The average molecular weight is 399 g/mol. The first-order valence-electron chi connectivity index (χ1n) is 7.05. The molecule has 4 nitrogen and oxygen atoms in total. The van der Waals surface area contributed by atoms with E-state index in [0.29, 0.717) is 20.5 Å². The maximum absolute atomic E-state index is 13.4. The molecule has 2 N–H and O–H groups in total. The highest BCUT2D eigenvalue weighted by Gasteiger charge is 2.07. The Morgan fingerprint density at radius 1 is 1.04 bits per heavy atom. The molecule has 2 amide bonds. The van der Waals surface area contributed by atoms with E-state index in [4.69, 9.17) is 23.2 Å². The number of carbonyl (C=O) groups excluding carboxylic acids is 2. The van der Waals surface area contributed by atoms with E-state index in [9.17, 15) is 14.0 Å². The van der Waals surface area contributed by atoms with Gasteiger partial charge in [0.1, 0.15) is 5.82 Å². The standard InChI is InChI=1S/C17H13Cl2FN2O2S/c18-12-4-3-5-13(19)11(12)8-9-16(23)21-22-17(24)10-25-15-7-2-1-6-14(15)20/h1-9H,10H2,(H,21,23)(H,22,24)/b9-8+. The molecule has 0 aliphatic rings. The number of carbonyl (C=O) groups is 2. The predicted molar refractivity (Wildman–Crippen MR) is 98.9 cm³/mol. The van der Waals surface area contributed by atoms with Crippen LogP contribution in [0.1, 0.15) is 5.56 Å². The van der Waals surface area contributed by atoms with Crippen molar-refractivity contribution in [1.29, 1.82) is 0 Å². The number of rotatable bonds is 5. The summed E-state index contributed by atoms with van der Waals surface area (Å²) in [4.78, 5) is 23.7. The van der Waals surface area contributed by atoms with Crippen molar-refractivity contribution >= 4 is 52.9 Å². The summed E-state index contributed by atoms with van der Waals surface area (Å²) < 4.78 is 13.4. The van der Waals surface area contributed by atoms with E-state index in [-0.39, 0.29) is 5.75 Å². The molecule has 0 atom stereocenters. The minimum atomic E-state index is -0.555. The molecule has 0 aliphatic heterocycles. The van der Waals surface area contributed by atoms with Gasteiger partial charge in [-0.15, -0.1) is 11.8 Å². The maximum atomic E-state index is 13.4. The number of hydrazine groups is 1. The molecule has 2 aromatic rings. The second-order valence-electron chi connectivity index (χ2n) is 4.73. The molecule has 8 heteroatoms. The molecule has 0 aliphatic carbocycles. The van der Waals surface area contributed by atoms with Crippen LogP contribution in [0.3, 0.4) is 0 Å². The van der Waals surface area contributed by atoms with Crippen molar-refractivity contribution in [2.45, 2.75) is 4.90 Å². The van der Waals surface area contributed by atoms with Crippen LogP contribution in [0.25, 0.3) is 6.08 Å². The van der Waals surface area contributed by atoms with Crippen LogP contribution in [0, 0.1) is 5.82 Å². The van der Waals surface area contributed by atoms with Gasteiger partial charge in [-0.05, 0) is 30.3 Å². The molecule has 0 fully saturated rings. The van der Waals surface area contributed by atoms with Crippen LogP contribution in [0.4, 0.5) is 4.39 Å². The Morgan fingerprint density at radius 3 is 2.40 bits per heavy atom. The van der Waals surface area contributed by atoms with Crippen molar-refractivity contribution < 1.29 is 14.0 Å². The zero-order chi connectivity index (χ0) is 18.2. The third kappa shape index (κ3) is 6.08. The molecule has 0 aromatic heterocycles. The van der Waals surface area contributed by atoms with Gasteiger partial charge in [-0.1, -0.05) is 41.4 Å². The van der Waals surface area contributed by atoms with E-state index < -0.39 is 17.6 Å². The fraction of sp³-hybridized carbons (Fsp3) is 0.0588. The topological polar surface area (TPSA) is 58.2 Å². The second kappa shape index (κ2) is 9.46. The normalized spacial score (nSPS) is 10.7. The molecular formula is C17H13Cl2FN2O2S. The molecule has 0 spiro atoms. The van der Waals surface area contributed by atoms with Gasteiger partial charge in [-0.25, -0.2) is 4.39 Å². The van der Waals surface area contributed by atoms with E-state index in [0.717, 1.165) is 11.8 Å². The number of thioether (sulfide) groups is 1. The van der Waals surface area contributed by atoms with Crippen molar-refractivity contribution in [3.63, 3.8) is 0 Å². The van der Waals surface area contributed by atoms with Gasteiger partial charge >= 0.3 is 0 Å². The van der Waals surface area contributed by atoms with Crippen LogP contribution in [0.2, 0.25) is 10.0 Å². The summed E-state index contributed by atoms with van der Waals surface area (Å²) >= 11 is 13.0. The third-order valence-corrected chi connectivity index (χ3v) is 4.63. The molecule has 0 saturated heterocycles. The summed E-state index contributed by atoms with van der Waals surface area (Å²) in [6, 6.07) is 11.1. The highest BCUT2D eigenvalue weighted by molar-refractivity contribution is 8.00. The Hall–Kier alpha value is -2.02. The van der Waals surface area contributed by atoms with Gasteiger partial charge in [0, 0.05) is 26.6 Å². The zero-order valence-electron chi connectivity index (χ0n) is 12.8. The van der Waals surface area contributed by atoms with Crippen molar-refractivity contribution in [2.24, 2.45) is 0 Å². The summed E-state index contributed by atoms with van der Waals surface area (Å²) in [7, 11) is 0. The first-order valence-corrected chi connectivity index (χ1v) is 8.80. The molecule has 2 aromatic carbocycles. The highest BCUT2D eigenvalue weighted by Crippen LogP contribution is 2.25. The summed E-state index contributed by atoms with van der Waals surface area (Å²) in [6.07, 6.45) is 2.64. The van der Waals surface area contributed by atoms with Crippen LogP contribution in [-0.2, 0) is 9.59 Å². The fourth-order valence-electron chi connectivity index (χ4n) is 1.74. The molecule has 0 unspecified atom stereocenters. The Morgan fingerprint density at radius 2 is 1.72 bits per heavy atom. The molecule has 2 rings (SSSR count). The van der Waals surface area contributed by atoms with Crippen LogP contribution in [0.5, 0.6) is 0 Å². The van der Waals surface area contributed by atoms with Gasteiger partial charge in [-0.2, -0.15) is 0 Å². The van der Waals surface area contributed by atoms with E-state index in [2.05, 4.69) is 10.9 Å². The summed E-state index contributed by atoms with van der Waals surface area (Å²) in [6.45, 7) is 0. The minimum absolute atomic E-state index is 0.0404. The quantitative estimate of drug-likeness (QED) is 0.453. The number of nitrogens with one attached hydrogen (secondary N) is 2. The summed E-state index contributed by atoms with van der Waals surface area (Å²) in [5, 5.41) is 0.809. The Bertz CT molecular complexity index is 795. The van der Waals surface area contributed by atoms with Gasteiger partial charge in [-0.3, -0.25) is 20.4 Å². The van der Waals surface area contributed by atoms with Gasteiger partial charge in [0.05, 0.1) is 5.75 Å². The van der Waals surface area contributed by atoms with Crippen LogP contribution in [0.15, 0.2) is 53.4 Å². The lowest BCUT2D eigenvalue weighted by molar-refractivity contribution is -0.125. The van der Waals surface area contributed by atoms with Gasteiger partial charge in [0.15, 0.2) is 0 Å². The monoisotopic (exact) mass is 398 g/mol. The Balaban J connectivity index is 1.80. The van der Waals surface area contributed by atoms with E-state index in [1.54, 1.807) is 36.4 Å². The minimum Gasteiger partial charge on any atom is -0.272 e. The maximum Gasteiger partial charge on any atom is 0.262 e. The molecule has 0 saturated carbocycles. The SMILES string of the molecule is O=C(/C=C/c1c(Cl)cccc1Cl)NNC(=O)CSc1ccccc1F. The van der Waals surface area contributed by atoms with E-state index in [1.807, 2.05) is 0 Å². The molecule has 0 bridgehead atoms. The van der Waals surface area contributed by atoms with Crippen molar-refractivity contribution in [1.82, 2.24) is 10.9 Å². The molecular weight excluding hydrogens is 386 g/mol. The summed E-state index contributed by atoms with van der Waals surface area (Å²) in [5.41, 5.74) is 4.96. The number of hydrogen-bond acceptors (Lipinski definition) is 3.